The summed E-state index contributed by atoms with van der Waals surface area (Å²) in [4.78, 5) is 8.28. The SMILES string of the molecule is Brc1cnc(C2COCCO2)nc1. The zero-order valence-corrected chi connectivity index (χ0v) is 8.53. The van der Waals surface area contributed by atoms with Gasteiger partial charge in [-0.05, 0) is 15.9 Å². The standard InChI is InChI=1S/C8H9BrN2O2/c9-6-3-10-8(11-4-6)7-5-12-1-2-13-7/h3-4,7H,1-2,5H2. The molecule has 5 heteroatoms. The van der Waals surface area contributed by atoms with Crippen LogP contribution >= 0.6 is 15.9 Å². The van der Waals surface area contributed by atoms with Crippen molar-refractivity contribution in [3.8, 4) is 0 Å². The number of aromatic nitrogens is 2. The third-order valence-corrected chi connectivity index (χ3v) is 2.15. The zero-order chi connectivity index (χ0) is 9.10. The molecular weight excluding hydrogens is 236 g/mol. The van der Waals surface area contributed by atoms with Gasteiger partial charge in [0.25, 0.3) is 0 Å². The maximum atomic E-state index is 5.44. The lowest BCUT2D eigenvalue weighted by Crippen LogP contribution is -2.23. The van der Waals surface area contributed by atoms with E-state index in [-0.39, 0.29) is 6.10 Å². The number of rotatable bonds is 1. The first-order valence-electron chi connectivity index (χ1n) is 4.03. The normalized spacial score (nSPS) is 23.0. The Labute approximate surface area is 84.4 Å². The van der Waals surface area contributed by atoms with E-state index in [9.17, 15) is 0 Å². The van der Waals surface area contributed by atoms with Gasteiger partial charge in [0.1, 0.15) is 6.10 Å². The fraction of sp³-hybridized carbons (Fsp3) is 0.500. The van der Waals surface area contributed by atoms with Crippen LogP contribution in [0.2, 0.25) is 0 Å². The van der Waals surface area contributed by atoms with Crippen LogP contribution in [-0.2, 0) is 9.47 Å². The van der Waals surface area contributed by atoms with Gasteiger partial charge in [-0.1, -0.05) is 0 Å². The van der Waals surface area contributed by atoms with Crippen LogP contribution in [0.15, 0.2) is 16.9 Å². The molecule has 0 radical (unpaired) electrons. The summed E-state index contributed by atoms with van der Waals surface area (Å²) in [6, 6.07) is 0. The predicted octanol–water partition coefficient (Wildman–Crippen LogP) is 1.33. The molecule has 1 unspecified atom stereocenters. The first-order valence-corrected chi connectivity index (χ1v) is 4.82. The van der Waals surface area contributed by atoms with E-state index in [1.807, 2.05) is 0 Å². The molecule has 1 aliphatic rings. The summed E-state index contributed by atoms with van der Waals surface area (Å²) in [5, 5.41) is 0. The van der Waals surface area contributed by atoms with E-state index < -0.39 is 0 Å². The topological polar surface area (TPSA) is 44.2 Å². The Kier molecular flexibility index (Phi) is 2.87. The minimum absolute atomic E-state index is 0.109. The molecule has 1 atom stereocenters. The molecule has 0 amide bonds. The molecule has 1 saturated heterocycles. The average molecular weight is 245 g/mol. The van der Waals surface area contributed by atoms with Gasteiger partial charge in [-0.3, -0.25) is 0 Å². The highest BCUT2D eigenvalue weighted by molar-refractivity contribution is 9.10. The molecule has 0 aliphatic carbocycles. The second kappa shape index (κ2) is 4.13. The summed E-state index contributed by atoms with van der Waals surface area (Å²) in [6.45, 7) is 1.82. The Morgan fingerprint density at radius 2 is 2.08 bits per heavy atom. The summed E-state index contributed by atoms with van der Waals surface area (Å²) in [7, 11) is 0. The molecule has 0 N–H and O–H groups in total. The molecule has 0 bridgehead atoms. The second-order valence-corrected chi connectivity index (χ2v) is 3.61. The van der Waals surface area contributed by atoms with Crippen LogP contribution in [0.5, 0.6) is 0 Å². The largest absolute Gasteiger partial charge is 0.376 e. The van der Waals surface area contributed by atoms with E-state index in [0.29, 0.717) is 25.6 Å². The third kappa shape index (κ3) is 2.24. The fourth-order valence-electron chi connectivity index (χ4n) is 1.13. The molecule has 2 heterocycles. The summed E-state index contributed by atoms with van der Waals surface area (Å²) in [5.41, 5.74) is 0. The van der Waals surface area contributed by atoms with E-state index in [1.54, 1.807) is 12.4 Å². The minimum Gasteiger partial charge on any atom is -0.376 e. The lowest BCUT2D eigenvalue weighted by molar-refractivity contribution is -0.0935. The van der Waals surface area contributed by atoms with E-state index in [4.69, 9.17) is 9.47 Å². The van der Waals surface area contributed by atoms with Crippen molar-refractivity contribution in [3.05, 3.63) is 22.7 Å². The monoisotopic (exact) mass is 244 g/mol. The first kappa shape index (κ1) is 9.05. The molecule has 1 aromatic heterocycles. The first-order chi connectivity index (χ1) is 6.36. The van der Waals surface area contributed by atoms with Gasteiger partial charge in [-0.2, -0.15) is 0 Å². The maximum Gasteiger partial charge on any atom is 0.159 e. The van der Waals surface area contributed by atoms with Gasteiger partial charge in [0.05, 0.1) is 24.3 Å². The van der Waals surface area contributed by atoms with Gasteiger partial charge in [0, 0.05) is 12.4 Å². The lowest BCUT2D eigenvalue weighted by Gasteiger charge is -2.21. The quantitative estimate of drug-likeness (QED) is 0.748. The molecule has 70 valence electrons. The number of hydrogen-bond donors (Lipinski definition) is 0. The van der Waals surface area contributed by atoms with Gasteiger partial charge in [-0.15, -0.1) is 0 Å². The van der Waals surface area contributed by atoms with Gasteiger partial charge in [0.15, 0.2) is 5.82 Å². The van der Waals surface area contributed by atoms with E-state index in [2.05, 4.69) is 25.9 Å². The molecule has 0 aromatic carbocycles. The number of halogens is 1. The smallest absolute Gasteiger partial charge is 0.159 e. The molecule has 1 aromatic rings. The average Bonchev–Trinajstić information content (AvgIpc) is 2.20. The highest BCUT2D eigenvalue weighted by Crippen LogP contribution is 2.17. The minimum atomic E-state index is -0.109. The predicted molar refractivity (Wildman–Crippen MR) is 49.2 cm³/mol. The molecule has 1 fully saturated rings. The molecule has 1 aliphatic heterocycles. The molecule has 2 rings (SSSR count). The van der Waals surface area contributed by atoms with Crippen LogP contribution in [-0.4, -0.2) is 29.8 Å². The van der Waals surface area contributed by atoms with Crippen LogP contribution in [0.4, 0.5) is 0 Å². The van der Waals surface area contributed by atoms with Crippen molar-refractivity contribution >= 4 is 15.9 Å². The Balaban J connectivity index is 2.10. The van der Waals surface area contributed by atoms with Crippen molar-refractivity contribution in [2.75, 3.05) is 19.8 Å². The summed E-state index contributed by atoms with van der Waals surface area (Å²) in [6.07, 6.45) is 3.31. The maximum absolute atomic E-state index is 5.44. The van der Waals surface area contributed by atoms with Crippen LogP contribution in [0.1, 0.15) is 11.9 Å². The van der Waals surface area contributed by atoms with Crippen molar-refractivity contribution in [1.82, 2.24) is 9.97 Å². The zero-order valence-electron chi connectivity index (χ0n) is 6.94. The Hall–Kier alpha value is -0.520. The van der Waals surface area contributed by atoms with E-state index in [0.717, 1.165) is 4.47 Å². The molecular formula is C8H9BrN2O2. The van der Waals surface area contributed by atoms with Crippen molar-refractivity contribution in [1.29, 1.82) is 0 Å². The van der Waals surface area contributed by atoms with Gasteiger partial charge >= 0.3 is 0 Å². The highest BCUT2D eigenvalue weighted by Gasteiger charge is 2.18. The molecule has 0 spiro atoms. The molecule has 0 saturated carbocycles. The van der Waals surface area contributed by atoms with Crippen molar-refractivity contribution in [2.24, 2.45) is 0 Å². The Bertz CT molecular complexity index is 272. The summed E-state index contributed by atoms with van der Waals surface area (Å²) >= 11 is 3.27. The second-order valence-electron chi connectivity index (χ2n) is 2.69. The van der Waals surface area contributed by atoms with Gasteiger partial charge < -0.3 is 9.47 Å². The number of ether oxygens (including phenoxy) is 2. The van der Waals surface area contributed by atoms with Gasteiger partial charge in [-0.25, -0.2) is 9.97 Å². The lowest BCUT2D eigenvalue weighted by atomic mass is 10.3. The summed E-state index contributed by atoms with van der Waals surface area (Å²) in [5.74, 6) is 0.683. The third-order valence-electron chi connectivity index (χ3n) is 1.74. The number of hydrogen-bond acceptors (Lipinski definition) is 4. The van der Waals surface area contributed by atoms with Crippen LogP contribution in [0.3, 0.4) is 0 Å². The Morgan fingerprint density at radius 1 is 1.31 bits per heavy atom. The molecule has 4 nitrogen and oxygen atoms in total. The van der Waals surface area contributed by atoms with Crippen molar-refractivity contribution in [2.45, 2.75) is 6.10 Å². The van der Waals surface area contributed by atoms with Gasteiger partial charge in [0.2, 0.25) is 0 Å². The molecule has 13 heavy (non-hydrogen) atoms. The fourth-order valence-corrected chi connectivity index (χ4v) is 1.33. The summed E-state index contributed by atoms with van der Waals surface area (Å²) < 4.78 is 11.6. The van der Waals surface area contributed by atoms with Crippen LogP contribution in [0, 0.1) is 0 Å². The van der Waals surface area contributed by atoms with Crippen LogP contribution < -0.4 is 0 Å². The van der Waals surface area contributed by atoms with E-state index >= 15 is 0 Å². The van der Waals surface area contributed by atoms with Crippen molar-refractivity contribution < 1.29 is 9.47 Å². The van der Waals surface area contributed by atoms with E-state index in [1.165, 1.54) is 0 Å². The van der Waals surface area contributed by atoms with Crippen LogP contribution in [0.25, 0.3) is 0 Å². The Morgan fingerprint density at radius 3 is 2.69 bits per heavy atom. The van der Waals surface area contributed by atoms with Crippen molar-refractivity contribution in [3.63, 3.8) is 0 Å². The highest BCUT2D eigenvalue weighted by atomic mass is 79.9. The number of nitrogens with zero attached hydrogens (tertiary/aromatic N) is 2.